The van der Waals surface area contributed by atoms with Gasteiger partial charge in [0, 0.05) is 42.5 Å². The van der Waals surface area contributed by atoms with Gasteiger partial charge in [-0.1, -0.05) is 49.6 Å². The smallest absolute Gasteiger partial charge is 0.321 e. The topological polar surface area (TPSA) is 123 Å². The molecule has 1 saturated carbocycles. The number of rotatable bonds is 5. The number of nitrogens with one attached hydrogen (secondary N) is 3. The standard InChI is InChI=1S/C28H31N5O4/c1-33-23-13-6-5-8-19(23)16-30-28(26(33)36,21-10-3-2-4-11-21)32-27(37)31-22-12-7-9-18(14-22)24-20(17-34)15-29-25(24)35/h5-9,12-14,16,21,34H,2-4,10-11,15,17H2,1H3,(H,29,35)(H2,31,32,37). The summed E-state index contributed by atoms with van der Waals surface area (Å²) in [6.45, 7) is 0.0644. The highest BCUT2D eigenvalue weighted by molar-refractivity contribution is 6.23. The van der Waals surface area contributed by atoms with Crippen molar-refractivity contribution in [1.29, 1.82) is 0 Å². The summed E-state index contributed by atoms with van der Waals surface area (Å²) in [4.78, 5) is 46.0. The van der Waals surface area contributed by atoms with Crippen LogP contribution in [0.25, 0.3) is 5.57 Å². The SMILES string of the molecule is CN1C(=O)C(NC(=O)Nc2cccc(C3=C(CO)CNC3=O)c2)(C2CCCCC2)N=Cc2ccccc21. The van der Waals surface area contributed by atoms with Gasteiger partial charge in [0.25, 0.3) is 11.8 Å². The Morgan fingerprint density at radius 1 is 1.14 bits per heavy atom. The van der Waals surface area contributed by atoms with Crippen molar-refractivity contribution < 1.29 is 19.5 Å². The number of carbonyl (C=O) groups excluding carboxylic acids is 3. The Morgan fingerprint density at radius 3 is 2.70 bits per heavy atom. The molecule has 4 amide bonds. The number of hydrogen-bond donors (Lipinski definition) is 4. The van der Waals surface area contributed by atoms with Crippen LogP contribution < -0.4 is 20.9 Å². The molecule has 2 aliphatic heterocycles. The number of amides is 4. The summed E-state index contributed by atoms with van der Waals surface area (Å²) in [5, 5.41) is 18.1. The van der Waals surface area contributed by atoms with Gasteiger partial charge in [-0.05, 0) is 42.2 Å². The van der Waals surface area contributed by atoms with Crippen molar-refractivity contribution in [3.63, 3.8) is 0 Å². The van der Waals surface area contributed by atoms with Crippen LogP contribution in [0.1, 0.15) is 43.2 Å². The molecule has 3 aliphatic rings. The molecule has 2 aromatic rings. The fourth-order valence-corrected chi connectivity index (χ4v) is 5.56. The number of benzodiazepines with no additional fused rings is 1. The lowest BCUT2D eigenvalue weighted by Crippen LogP contribution is -2.63. The summed E-state index contributed by atoms with van der Waals surface area (Å²) in [6, 6.07) is 13.9. The van der Waals surface area contributed by atoms with E-state index in [9.17, 15) is 19.5 Å². The number of carbonyl (C=O) groups is 3. The minimum absolute atomic E-state index is 0.140. The summed E-state index contributed by atoms with van der Waals surface area (Å²) in [7, 11) is 1.72. The average molecular weight is 502 g/mol. The van der Waals surface area contributed by atoms with Crippen LogP contribution in [0.4, 0.5) is 16.2 Å². The van der Waals surface area contributed by atoms with E-state index in [1.807, 2.05) is 24.3 Å². The van der Waals surface area contributed by atoms with Crippen LogP contribution in [-0.4, -0.2) is 55.0 Å². The second-order valence-electron chi connectivity index (χ2n) is 9.76. The predicted octanol–water partition coefficient (Wildman–Crippen LogP) is 3.06. The van der Waals surface area contributed by atoms with Crippen LogP contribution in [0.15, 0.2) is 59.1 Å². The molecule has 2 aromatic carbocycles. The number of benzene rings is 2. The van der Waals surface area contributed by atoms with Gasteiger partial charge in [0.15, 0.2) is 0 Å². The van der Waals surface area contributed by atoms with Crippen molar-refractivity contribution in [2.75, 3.05) is 30.4 Å². The molecule has 0 bridgehead atoms. The third-order valence-electron chi connectivity index (χ3n) is 7.48. The maximum atomic E-state index is 13.9. The second-order valence-corrected chi connectivity index (χ2v) is 9.76. The Kier molecular flexibility index (Phi) is 6.80. The maximum Gasteiger partial charge on any atom is 0.321 e. The van der Waals surface area contributed by atoms with Crippen molar-refractivity contribution in [3.05, 3.63) is 65.2 Å². The van der Waals surface area contributed by atoms with E-state index < -0.39 is 11.7 Å². The Bertz CT molecular complexity index is 1300. The highest BCUT2D eigenvalue weighted by Gasteiger charge is 2.49. The molecule has 1 atom stereocenters. The number of fused-ring (bicyclic) bond motifs is 1. The number of aliphatic imine (C=N–C) groups is 1. The molecule has 9 heteroatoms. The molecule has 0 spiro atoms. The molecule has 1 fully saturated rings. The fourth-order valence-electron chi connectivity index (χ4n) is 5.56. The number of hydrogen-bond acceptors (Lipinski definition) is 5. The van der Waals surface area contributed by atoms with E-state index in [0.717, 1.165) is 43.4 Å². The molecule has 192 valence electrons. The number of aliphatic hydroxyl groups is 1. The lowest BCUT2D eigenvalue weighted by atomic mass is 9.79. The lowest BCUT2D eigenvalue weighted by molar-refractivity contribution is -0.126. The Morgan fingerprint density at radius 2 is 1.92 bits per heavy atom. The van der Waals surface area contributed by atoms with Crippen LogP contribution >= 0.6 is 0 Å². The number of anilines is 2. The third kappa shape index (κ3) is 4.62. The molecule has 0 saturated heterocycles. The van der Waals surface area contributed by atoms with Gasteiger partial charge in [-0.25, -0.2) is 4.79 Å². The Balaban J connectivity index is 1.44. The zero-order valence-corrected chi connectivity index (χ0v) is 20.8. The number of likely N-dealkylation sites (N-methyl/N-ethyl adjacent to an activating group) is 1. The minimum atomic E-state index is -1.44. The number of nitrogens with zero attached hydrogens (tertiary/aromatic N) is 2. The van der Waals surface area contributed by atoms with E-state index >= 15 is 0 Å². The van der Waals surface area contributed by atoms with E-state index in [1.165, 1.54) is 0 Å². The van der Waals surface area contributed by atoms with Crippen molar-refractivity contribution in [2.24, 2.45) is 10.9 Å². The van der Waals surface area contributed by atoms with Crippen molar-refractivity contribution in [2.45, 2.75) is 37.8 Å². The largest absolute Gasteiger partial charge is 0.392 e. The number of urea groups is 1. The zero-order chi connectivity index (χ0) is 26.0. The normalized spacial score (nSPS) is 21.9. The summed E-state index contributed by atoms with van der Waals surface area (Å²) in [6.07, 6.45) is 6.31. The fraction of sp³-hybridized carbons (Fsp3) is 0.357. The molecule has 0 aromatic heterocycles. The van der Waals surface area contributed by atoms with Gasteiger partial charge in [-0.2, -0.15) is 0 Å². The second kappa shape index (κ2) is 10.2. The van der Waals surface area contributed by atoms with E-state index in [1.54, 1.807) is 42.4 Å². The minimum Gasteiger partial charge on any atom is -0.392 e. The van der Waals surface area contributed by atoms with E-state index in [0.29, 0.717) is 28.9 Å². The van der Waals surface area contributed by atoms with Crippen molar-refractivity contribution in [3.8, 4) is 0 Å². The molecule has 2 heterocycles. The van der Waals surface area contributed by atoms with E-state index in [-0.39, 0.29) is 24.3 Å². The average Bonchev–Trinajstić information content (AvgIpc) is 3.26. The molecular weight excluding hydrogens is 470 g/mol. The quantitative estimate of drug-likeness (QED) is 0.503. The van der Waals surface area contributed by atoms with Gasteiger partial charge < -0.3 is 26.0 Å². The van der Waals surface area contributed by atoms with Crippen LogP contribution in [-0.2, 0) is 9.59 Å². The van der Waals surface area contributed by atoms with Gasteiger partial charge in [-0.15, -0.1) is 0 Å². The molecule has 5 rings (SSSR count). The lowest BCUT2D eigenvalue weighted by Gasteiger charge is -2.40. The van der Waals surface area contributed by atoms with Gasteiger partial charge >= 0.3 is 6.03 Å². The first-order valence-electron chi connectivity index (χ1n) is 12.7. The Labute approximate surface area is 215 Å². The summed E-state index contributed by atoms with van der Waals surface area (Å²) in [5.41, 5.74) is 2.18. The number of para-hydroxylation sites is 1. The molecule has 0 radical (unpaired) electrons. The van der Waals surface area contributed by atoms with E-state index in [4.69, 9.17) is 4.99 Å². The predicted molar refractivity (Wildman–Crippen MR) is 142 cm³/mol. The molecule has 1 aliphatic carbocycles. The highest BCUT2D eigenvalue weighted by Crippen LogP contribution is 2.38. The van der Waals surface area contributed by atoms with Crippen LogP contribution in [0.2, 0.25) is 0 Å². The first-order chi connectivity index (χ1) is 17.9. The van der Waals surface area contributed by atoms with E-state index in [2.05, 4.69) is 16.0 Å². The van der Waals surface area contributed by atoms with Crippen molar-refractivity contribution in [1.82, 2.24) is 10.6 Å². The number of aliphatic hydroxyl groups excluding tert-OH is 1. The molecule has 1 unspecified atom stereocenters. The third-order valence-corrected chi connectivity index (χ3v) is 7.48. The summed E-state index contributed by atoms with van der Waals surface area (Å²) < 4.78 is 0. The van der Waals surface area contributed by atoms with Crippen LogP contribution in [0.3, 0.4) is 0 Å². The van der Waals surface area contributed by atoms with Crippen LogP contribution in [0.5, 0.6) is 0 Å². The first kappa shape index (κ1) is 24.7. The maximum absolute atomic E-state index is 13.9. The summed E-state index contributed by atoms with van der Waals surface area (Å²) >= 11 is 0. The van der Waals surface area contributed by atoms with Crippen LogP contribution in [0, 0.1) is 5.92 Å². The first-order valence-corrected chi connectivity index (χ1v) is 12.7. The Hall–Kier alpha value is -3.98. The van der Waals surface area contributed by atoms with Crippen molar-refractivity contribution >= 4 is 41.0 Å². The van der Waals surface area contributed by atoms with Gasteiger partial charge in [0.05, 0.1) is 12.3 Å². The molecule has 4 N–H and O–H groups in total. The monoisotopic (exact) mass is 501 g/mol. The molecule has 9 nitrogen and oxygen atoms in total. The van der Waals surface area contributed by atoms with Gasteiger partial charge in [0.2, 0.25) is 5.66 Å². The zero-order valence-electron chi connectivity index (χ0n) is 20.8. The molecular formula is C28H31N5O4. The highest BCUT2D eigenvalue weighted by atomic mass is 16.3. The molecule has 37 heavy (non-hydrogen) atoms. The van der Waals surface area contributed by atoms with Gasteiger partial charge in [-0.3, -0.25) is 14.6 Å². The van der Waals surface area contributed by atoms with Gasteiger partial charge in [0.1, 0.15) is 0 Å². The summed E-state index contributed by atoms with van der Waals surface area (Å²) in [5.74, 6) is -0.675.